The van der Waals surface area contributed by atoms with Crippen LogP contribution in [0.15, 0.2) is 50.7 Å². The number of hydrogen-bond donors (Lipinski definition) is 1. The van der Waals surface area contributed by atoms with Gasteiger partial charge < -0.3 is 14.9 Å². The maximum Gasteiger partial charge on any atom is 0.337 e. The average Bonchev–Trinajstić information content (AvgIpc) is 3.14. The van der Waals surface area contributed by atoms with Crippen molar-refractivity contribution < 1.29 is 18.7 Å². The van der Waals surface area contributed by atoms with E-state index in [1.807, 2.05) is 0 Å². The number of furan rings is 1. The van der Waals surface area contributed by atoms with Gasteiger partial charge >= 0.3 is 5.97 Å². The zero-order valence-corrected chi connectivity index (χ0v) is 12.9. The quantitative estimate of drug-likeness (QED) is 0.687. The second kappa shape index (κ2) is 6.13. The minimum absolute atomic E-state index is 0.228. The van der Waals surface area contributed by atoms with Gasteiger partial charge in [0.25, 0.3) is 5.91 Å². The second-order valence-corrected chi connectivity index (χ2v) is 5.70. The minimum atomic E-state index is -0.393. The molecule has 1 aromatic carbocycles. The van der Waals surface area contributed by atoms with E-state index in [1.165, 1.54) is 7.11 Å². The molecule has 0 radical (unpaired) electrons. The molecule has 0 saturated heterocycles. The highest BCUT2D eigenvalue weighted by atomic mass is 32.2. The van der Waals surface area contributed by atoms with Crippen molar-refractivity contribution in [3.8, 4) is 11.3 Å². The summed E-state index contributed by atoms with van der Waals surface area (Å²) in [5, 5.41) is 0.228. The summed E-state index contributed by atoms with van der Waals surface area (Å²) >= 11 is 1.11. The Kier molecular flexibility index (Phi) is 4.03. The number of methoxy groups -OCH3 is 1. The second-order valence-electron chi connectivity index (χ2n) is 4.64. The first-order valence-corrected chi connectivity index (χ1v) is 7.45. The van der Waals surface area contributed by atoms with Gasteiger partial charge in [-0.1, -0.05) is 12.1 Å². The van der Waals surface area contributed by atoms with Crippen molar-refractivity contribution in [1.29, 1.82) is 0 Å². The summed E-state index contributed by atoms with van der Waals surface area (Å²) in [7, 11) is 1.33. The van der Waals surface area contributed by atoms with Crippen LogP contribution >= 0.6 is 11.8 Å². The highest BCUT2D eigenvalue weighted by Crippen LogP contribution is 2.29. The number of ether oxygens (including phenoxy) is 1. The van der Waals surface area contributed by atoms with Crippen molar-refractivity contribution in [1.82, 2.24) is 0 Å². The van der Waals surface area contributed by atoms with Gasteiger partial charge in [-0.15, -0.1) is 0 Å². The lowest BCUT2D eigenvalue weighted by molar-refractivity contribution is -0.113. The molecule has 23 heavy (non-hydrogen) atoms. The number of thioether (sulfide) groups is 1. The molecule has 2 heterocycles. The lowest BCUT2D eigenvalue weighted by Gasteiger charge is -2.00. The zero-order chi connectivity index (χ0) is 16.4. The predicted octanol–water partition coefficient (Wildman–Crippen LogP) is 2.66. The molecule has 0 atom stereocenters. The van der Waals surface area contributed by atoms with E-state index in [1.54, 1.807) is 42.5 Å². The Labute approximate surface area is 136 Å². The first kappa shape index (κ1) is 15.1. The van der Waals surface area contributed by atoms with E-state index in [-0.39, 0.29) is 11.1 Å². The summed E-state index contributed by atoms with van der Waals surface area (Å²) < 4.78 is 10.3. The largest absolute Gasteiger partial charge is 0.465 e. The van der Waals surface area contributed by atoms with Gasteiger partial charge in [-0.3, -0.25) is 4.79 Å². The molecular formula is C16H12N2O4S. The normalized spacial score (nSPS) is 15.8. The van der Waals surface area contributed by atoms with E-state index in [0.29, 0.717) is 22.0 Å². The molecular weight excluding hydrogens is 316 g/mol. The van der Waals surface area contributed by atoms with Gasteiger partial charge in [-0.2, -0.15) is 4.99 Å². The van der Waals surface area contributed by atoms with E-state index in [9.17, 15) is 9.59 Å². The number of nitrogens with zero attached hydrogens (tertiary/aromatic N) is 1. The Balaban J connectivity index is 1.81. The number of benzene rings is 1. The van der Waals surface area contributed by atoms with Crippen molar-refractivity contribution >= 4 is 34.9 Å². The number of nitrogens with two attached hydrogens (primary N) is 1. The van der Waals surface area contributed by atoms with Crippen LogP contribution in [0.25, 0.3) is 17.4 Å². The first-order chi connectivity index (χ1) is 11.1. The van der Waals surface area contributed by atoms with Crippen LogP contribution < -0.4 is 5.73 Å². The molecule has 116 valence electrons. The summed E-state index contributed by atoms with van der Waals surface area (Å²) in [6, 6.07) is 10.4. The van der Waals surface area contributed by atoms with Crippen LogP contribution in [0.2, 0.25) is 0 Å². The third kappa shape index (κ3) is 3.19. The molecule has 1 aliphatic rings. The highest BCUT2D eigenvalue weighted by molar-refractivity contribution is 8.18. The fourth-order valence-corrected chi connectivity index (χ4v) is 2.69. The summed E-state index contributed by atoms with van der Waals surface area (Å²) in [5.41, 5.74) is 6.77. The SMILES string of the molecule is COC(=O)c1ccc(-c2ccc(/C=C3/SC(N)=NC3=O)o2)cc1. The number of rotatable bonds is 3. The van der Waals surface area contributed by atoms with Crippen molar-refractivity contribution in [3.05, 3.63) is 52.6 Å². The molecule has 2 aromatic rings. The van der Waals surface area contributed by atoms with Crippen LogP contribution in [-0.4, -0.2) is 24.2 Å². The molecule has 1 aromatic heterocycles. The molecule has 3 rings (SSSR count). The summed E-state index contributed by atoms with van der Waals surface area (Å²) in [5.74, 6) is 0.388. The predicted molar refractivity (Wildman–Crippen MR) is 87.7 cm³/mol. The van der Waals surface area contributed by atoms with Gasteiger partial charge in [0.05, 0.1) is 17.6 Å². The summed E-state index contributed by atoms with van der Waals surface area (Å²) in [6.45, 7) is 0. The maximum atomic E-state index is 11.6. The van der Waals surface area contributed by atoms with Crippen molar-refractivity contribution in [3.63, 3.8) is 0 Å². The van der Waals surface area contributed by atoms with Crippen molar-refractivity contribution in [2.24, 2.45) is 10.7 Å². The van der Waals surface area contributed by atoms with Crippen LogP contribution in [0.4, 0.5) is 0 Å². The molecule has 6 nitrogen and oxygen atoms in total. The first-order valence-electron chi connectivity index (χ1n) is 6.63. The van der Waals surface area contributed by atoms with E-state index in [2.05, 4.69) is 9.73 Å². The third-order valence-corrected chi connectivity index (χ3v) is 3.94. The fourth-order valence-electron chi connectivity index (χ4n) is 2.03. The molecule has 7 heteroatoms. The van der Waals surface area contributed by atoms with E-state index in [4.69, 9.17) is 10.2 Å². The highest BCUT2D eigenvalue weighted by Gasteiger charge is 2.20. The molecule has 0 bridgehead atoms. The van der Waals surface area contributed by atoms with Gasteiger partial charge in [0.2, 0.25) is 0 Å². The van der Waals surface area contributed by atoms with Gasteiger partial charge in [-0.05, 0) is 36.0 Å². The molecule has 0 fully saturated rings. The van der Waals surface area contributed by atoms with Gasteiger partial charge in [0, 0.05) is 11.6 Å². The fraction of sp³-hybridized carbons (Fsp3) is 0.0625. The maximum absolute atomic E-state index is 11.6. The Morgan fingerprint density at radius 1 is 1.26 bits per heavy atom. The number of amides is 1. The lowest BCUT2D eigenvalue weighted by Crippen LogP contribution is -2.01. The monoisotopic (exact) mass is 328 g/mol. The smallest absolute Gasteiger partial charge is 0.337 e. The summed E-state index contributed by atoms with van der Waals surface area (Å²) in [6.07, 6.45) is 1.60. The molecule has 2 N–H and O–H groups in total. The van der Waals surface area contributed by atoms with Crippen molar-refractivity contribution in [2.45, 2.75) is 0 Å². The Morgan fingerprint density at radius 2 is 2.00 bits per heavy atom. The number of carbonyl (C=O) groups is 2. The topological polar surface area (TPSA) is 94.9 Å². The van der Waals surface area contributed by atoms with Gasteiger partial charge in [-0.25, -0.2) is 4.79 Å². The van der Waals surface area contributed by atoms with E-state index < -0.39 is 5.97 Å². The number of esters is 1. The number of aliphatic imine (C=N–C) groups is 1. The van der Waals surface area contributed by atoms with Crippen LogP contribution in [-0.2, 0) is 9.53 Å². The van der Waals surface area contributed by atoms with Crippen molar-refractivity contribution in [2.75, 3.05) is 7.11 Å². The molecule has 1 amide bonds. The van der Waals surface area contributed by atoms with Gasteiger partial charge in [0.15, 0.2) is 5.17 Å². The average molecular weight is 328 g/mol. The number of carbonyl (C=O) groups excluding carboxylic acids is 2. The van der Waals surface area contributed by atoms with E-state index >= 15 is 0 Å². The standard InChI is InChI=1S/C16H12N2O4S/c1-21-15(20)10-4-2-9(3-5-10)12-7-6-11(22-12)8-13-14(19)18-16(17)23-13/h2-8H,1H3,(H2,17,18,19)/b13-8+. The molecule has 0 saturated carbocycles. The number of amidine groups is 1. The molecule has 1 aliphatic heterocycles. The molecule has 0 spiro atoms. The van der Waals surface area contributed by atoms with E-state index in [0.717, 1.165) is 17.3 Å². The third-order valence-electron chi connectivity index (χ3n) is 3.13. The van der Waals surface area contributed by atoms with Crippen LogP contribution in [0, 0.1) is 0 Å². The van der Waals surface area contributed by atoms with Gasteiger partial charge in [0.1, 0.15) is 11.5 Å². The summed E-state index contributed by atoms with van der Waals surface area (Å²) in [4.78, 5) is 27.0. The zero-order valence-electron chi connectivity index (χ0n) is 12.1. The lowest BCUT2D eigenvalue weighted by atomic mass is 10.1. The number of hydrogen-bond acceptors (Lipinski definition) is 6. The Hall–Kier alpha value is -2.80. The van der Waals surface area contributed by atoms with Crippen LogP contribution in [0.1, 0.15) is 16.1 Å². The van der Waals surface area contributed by atoms with Crippen LogP contribution in [0.5, 0.6) is 0 Å². The Morgan fingerprint density at radius 3 is 2.61 bits per heavy atom. The molecule has 0 aliphatic carbocycles. The minimum Gasteiger partial charge on any atom is -0.465 e. The molecule has 0 unspecified atom stereocenters. The van der Waals surface area contributed by atoms with Crippen LogP contribution in [0.3, 0.4) is 0 Å². The Bertz CT molecular complexity index is 834.